The Hall–Kier alpha value is -1.36. The van der Waals surface area contributed by atoms with Gasteiger partial charge in [0.25, 0.3) is 0 Å². The predicted octanol–water partition coefficient (Wildman–Crippen LogP) is 1.11. The molecule has 1 aromatic heterocycles. The van der Waals surface area contributed by atoms with Crippen LogP contribution in [-0.2, 0) is 17.8 Å². The summed E-state index contributed by atoms with van der Waals surface area (Å²) in [5.41, 5.74) is 0. The molecule has 1 aliphatic rings. The molecule has 1 amide bonds. The van der Waals surface area contributed by atoms with E-state index in [1.807, 2.05) is 17.7 Å². The van der Waals surface area contributed by atoms with Gasteiger partial charge >= 0.3 is 0 Å². The first-order valence-corrected chi connectivity index (χ1v) is 7.11. The normalized spacial score (nSPS) is 23.7. The van der Waals surface area contributed by atoms with Crippen molar-refractivity contribution in [1.29, 1.82) is 0 Å². The van der Waals surface area contributed by atoms with Crippen LogP contribution >= 0.6 is 0 Å². The molecular weight excluding hydrogens is 242 g/mol. The standard InChI is InChI=1S/C14H23N3O2/c1-3-12(10-7-11(18)8-10)16-14(19)9-17-6-5-15-13(17)4-2/h5-6,10-12,18H,3-4,7-9H2,1-2H3,(H,16,19)/t10?,11?,12-/m0/s1. The van der Waals surface area contributed by atoms with E-state index in [1.165, 1.54) is 0 Å². The van der Waals surface area contributed by atoms with E-state index in [0.717, 1.165) is 31.5 Å². The Morgan fingerprint density at radius 2 is 2.32 bits per heavy atom. The molecule has 19 heavy (non-hydrogen) atoms. The number of aryl methyl sites for hydroxylation is 1. The number of amides is 1. The minimum Gasteiger partial charge on any atom is -0.393 e. The fourth-order valence-corrected chi connectivity index (χ4v) is 2.72. The van der Waals surface area contributed by atoms with E-state index in [0.29, 0.717) is 12.5 Å². The third-order valence-corrected chi connectivity index (χ3v) is 3.94. The maximum absolute atomic E-state index is 12.1. The van der Waals surface area contributed by atoms with Crippen molar-refractivity contribution >= 4 is 5.91 Å². The third-order valence-electron chi connectivity index (χ3n) is 3.94. The van der Waals surface area contributed by atoms with E-state index in [2.05, 4.69) is 17.2 Å². The molecule has 0 aromatic carbocycles. The molecule has 2 rings (SSSR count). The molecule has 0 aliphatic heterocycles. The van der Waals surface area contributed by atoms with Crippen molar-refractivity contribution in [1.82, 2.24) is 14.9 Å². The molecule has 5 nitrogen and oxygen atoms in total. The van der Waals surface area contributed by atoms with E-state index in [9.17, 15) is 9.90 Å². The summed E-state index contributed by atoms with van der Waals surface area (Å²) < 4.78 is 1.89. The number of carbonyl (C=O) groups excluding carboxylic acids is 1. The first-order valence-electron chi connectivity index (χ1n) is 7.11. The monoisotopic (exact) mass is 265 g/mol. The molecule has 2 N–H and O–H groups in total. The quantitative estimate of drug-likeness (QED) is 0.809. The van der Waals surface area contributed by atoms with Crippen molar-refractivity contribution in [2.45, 2.75) is 58.2 Å². The van der Waals surface area contributed by atoms with Crippen molar-refractivity contribution in [3.63, 3.8) is 0 Å². The first kappa shape index (κ1) is 14.1. The lowest BCUT2D eigenvalue weighted by molar-refractivity contribution is -0.123. The van der Waals surface area contributed by atoms with Crippen LogP contribution in [0.25, 0.3) is 0 Å². The smallest absolute Gasteiger partial charge is 0.240 e. The van der Waals surface area contributed by atoms with E-state index in [4.69, 9.17) is 0 Å². The fraction of sp³-hybridized carbons (Fsp3) is 0.714. The maximum atomic E-state index is 12.1. The van der Waals surface area contributed by atoms with Crippen LogP contribution in [-0.4, -0.2) is 32.7 Å². The van der Waals surface area contributed by atoms with Gasteiger partial charge in [-0.25, -0.2) is 4.98 Å². The molecule has 106 valence electrons. The van der Waals surface area contributed by atoms with Gasteiger partial charge in [-0.1, -0.05) is 13.8 Å². The van der Waals surface area contributed by atoms with Gasteiger partial charge in [-0.15, -0.1) is 0 Å². The van der Waals surface area contributed by atoms with Crippen molar-refractivity contribution in [3.8, 4) is 0 Å². The summed E-state index contributed by atoms with van der Waals surface area (Å²) in [5.74, 6) is 1.39. The lowest BCUT2D eigenvalue weighted by atomic mass is 9.76. The fourth-order valence-electron chi connectivity index (χ4n) is 2.72. The molecule has 0 radical (unpaired) electrons. The van der Waals surface area contributed by atoms with Gasteiger partial charge in [-0.2, -0.15) is 0 Å². The number of nitrogens with one attached hydrogen (secondary N) is 1. The summed E-state index contributed by atoms with van der Waals surface area (Å²) in [6.45, 7) is 4.43. The highest BCUT2D eigenvalue weighted by Crippen LogP contribution is 2.31. The second-order valence-corrected chi connectivity index (χ2v) is 5.29. The number of aromatic nitrogens is 2. The highest BCUT2D eigenvalue weighted by Gasteiger charge is 2.33. The Bertz CT molecular complexity index is 424. The van der Waals surface area contributed by atoms with Crippen LogP contribution in [0.4, 0.5) is 0 Å². The molecule has 0 spiro atoms. The van der Waals surface area contributed by atoms with Crippen LogP contribution in [0.5, 0.6) is 0 Å². The average molecular weight is 265 g/mol. The Balaban J connectivity index is 1.86. The summed E-state index contributed by atoms with van der Waals surface area (Å²) in [6, 6.07) is 0.185. The number of carbonyl (C=O) groups is 1. The van der Waals surface area contributed by atoms with Crippen molar-refractivity contribution in [3.05, 3.63) is 18.2 Å². The summed E-state index contributed by atoms with van der Waals surface area (Å²) in [6.07, 6.45) is 6.75. The third kappa shape index (κ3) is 3.35. The number of rotatable bonds is 6. The molecular formula is C14H23N3O2. The molecule has 5 heteroatoms. The zero-order valence-electron chi connectivity index (χ0n) is 11.7. The zero-order chi connectivity index (χ0) is 13.8. The minimum absolute atomic E-state index is 0.0286. The molecule has 0 saturated heterocycles. The molecule has 1 aromatic rings. The summed E-state index contributed by atoms with van der Waals surface area (Å²) >= 11 is 0. The number of nitrogens with zero attached hydrogens (tertiary/aromatic N) is 2. The van der Waals surface area contributed by atoms with Crippen LogP contribution in [0.15, 0.2) is 12.4 Å². The van der Waals surface area contributed by atoms with E-state index in [-0.39, 0.29) is 18.1 Å². The second-order valence-electron chi connectivity index (χ2n) is 5.29. The predicted molar refractivity (Wildman–Crippen MR) is 72.6 cm³/mol. The van der Waals surface area contributed by atoms with E-state index in [1.54, 1.807) is 6.20 Å². The van der Waals surface area contributed by atoms with Crippen LogP contribution in [0.2, 0.25) is 0 Å². The Morgan fingerprint density at radius 3 is 2.89 bits per heavy atom. The second kappa shape index (κ2) is 6.19. The topological polar surface area (TPSA) is 67.2 Å². The summed E-state index contributed by atoms with van der Waals surface area (Å²) in [4.78, 5) is 16.3. The Labute approximate surface area is 114 Å². The van der Waals surface area contributed by atoms with Gasteiger partial charge in [0.05, 0.1) is 6.10 Å². The van der Waals surface area contributed by atoms with Gasteiger partial charge in [0.1, 0.15) is 12.4 Å². The first-order chi connectivity index (χ1) is 9.13. The van der Waals surface area contributed by atoms with Crippen molar-refractivity contribution in [2.75, 3.05) is 0 Å². The zero-order valence-corrected chi connectivity index (χ0v) is 11.7. The number of aliphatic hydroxyl groups excluding tert-OH is 1. The molecule has 1 aliphatic carbocycles. The Kier molecular flexibility index (Phi) is 4.58. The van der Waals surface area contributed by atoms with Crippen molar-refractivity contribution < 1.29 is 9.90 Å². The highest BCUT2D eigenvalue weighted by atomic mass is 16.3. The molecule has 0 bridgehead atoms. The van der Waals surface area contributed by atoms with E-state index < -0.39 is 0 Å². The van der Waals surface area contributed by atoms with Crippen LogP contribution in [0, 0.1) is 5.92 Å². The van der Waals surface area contributed by atoms with Gasteiger partial charge in [0.15, 0.2) is 0 Å². The largest absolute Gasteiger partial charge is 0.393 e. The van der Waals surface area contributed by atoms with Crippen LogP contribution in [0.3, 0.4) is 0 Å². The average Bonchev–Trinajstić information content (AvgIpc) is 2.79. The SMILES string of the molecule is CCc1nccn1CC(=O)N[C@@H](CC)C1CC(O)C1. The van der Waals surface area contributed by atoms with Gasteiger partial charge in [0, 0.05) is 24.9 Å². The lowest BCUT2D eigenvalue weighted by Crippen LogP contribution is -2.47. The lowest BCUT2D eigenvalue weighted by Gasteiger charge is -2.37. The Morgan fingerprint density at radius 1 is 1.58 bits per heavy atom. The number of imidazole rings is 1. The molecule has 1 heterocycles. The van der Waals surface area contributed by atoms with Gasteiger partial charge in [0.2, 0.25) is 5.91 Å². The van der Waals surface area contributed by atoms with Gasteiger partial charge in [-0.3, -0.25) is 4.79 Å². The van der Waals surface area contributed by atoms with E-state index >= 15 is 0 Å². The van der Waals surface area contributed by atoms with Crippen LogP contribution < -0.4 is 5.32 Å². The van der Waals surface area contributed by atoms with Gasteiger partial charge in [-0.05, 0) is 25.2 Å². The maximum Gasteiger partial charge on any atom is 0.240 e. The molecule has 1 saturated carbocycles. The number of hydrogen-bond acceptors (Lipinski definition) is 3. The number of aliphatic hydroxyl groups is 1. The van der Waals surface area contributed by atoms with Gasteiger partial charge < -0.3 is 15.0 Å². The molecule has 1 fully saturated rings. The minimum atomic E-state index is -0.170. The highest BCUT2D eigenvalue weighted by molar-refractivity contribution is 5.76. The number of hydrogen-bond donors (Lipinski definition) is 2. The van der Waals surface area contributed by atoms with Crippen molar-refractivity contribution in [2.24, 2.45) is 5.92 Å². The van der Waals surface area contributed by atoms with Crippen LogP contribution in [0.1, 0.15) is 38.9 Å². The molecule has 1 atom stereocenters. The summed E-state index contributed by atoms with van der Waals surface area (Å²) in [7, 11) is 0. The summed E-state index contributed by atoms with van der Waals surface area (Å²) in [5, 5.41) is 12.4. The molecule has 0 unspecified atom stereocenters.